The maximum absolute atomic E-state index is 11.4. The van der Waals surface area contributed by atoms with Gasteiger partial charge in [0, 0.05) is 30.4 Å². The lowest BCUT2D eigenvalue weighted by molar-refractivity contribution is 0.101. The number of hydrogen-bond donors (Lipinski definition) is 0. The van der Waals surface area contributed by atoms with Crippen molar-refractivity contribution in [2.24, 2.45) is 0 Å². The molecule has 0 radical (unpaired) electrons. The Kier molecular flexibility index (Phi) is 7.90. The number of aromatic nitrogens is 2. The van der Waals surface area contributed by atoms with Crippen LogP contribution in [0.25, 0.3) is 21.1 Å². The van der Waals surface area contributed by atoms with E-state index in [-0.39, 0.29) is 5.78 Å². The van der Waals surface area contributed by atoms with E-state index in [1.54, 1.807) is 14.0 Å². The summed E-state index contributed by atoms with van der Waals surface area (Å²) in [6.45, 7) is 3.12. The van der Waals surface area contributed by atoms with Gasteiger partial charge in [-0.15, -0.1) is 10.2 Å². The van der Waals surface area contributed by atoms with E-state index >= 15 is 0 Å². The summed E-state index contributed by atoms with van der Waals surface area (Å²) < 4.78 is 10.9. The molecule has 0 saturated heterocycles. The molecule has 2 aromatic carbocycles. The number of ether oxygens (including phenoxy) is 2. The van der Waals surface area contributed by atoms with Crippen molar-refractivity contribution in [3.63, 3.8) is 0 Å². The number of nitrogens with zero attached hydrogens (tertiary/aromatic N) is 2. The smallest absolute Gasteiger partial charge is 0.159 e. The van der Waals surface area contributed by atoms with Crippen LogP contribution in [0.4, 0.5) is 0 Å². The molecule has 0 aliphatic carbocycles. The summed E-state index contributed by atoms with van der Waals surface area (Å²) >= 11 is 1.53. The highest BCUT2D eigenvalue weighted by atomic mass is 32.1. The third kappa shape index (κ3) is 6.21. The Morgan fingerprint density at radius 2 is 1.38 bits per heavy atom. The summed E-state index contributed by atoms with van der Waals surface area (Å²) in [5.41, 5.74) is 2.68. The second kappa shape index (κ2) is 10.8. The molecule has 3 aromatic rings. The predicted molar refractivity (Wildman–Crippen MR) is 117 cm³/mol. The van der Waals surface area contributed by atoms with Crippen molar-refractivity contribution in [2.75, 3.05) is 20.3 Å². The van der Waals surface area contributed by atoms with E-state index in [1.165, 1.54) is 17.8 Å². The number of rotatable bonds is 11. The molecule has 0 spiro atoms. The number of benzene rings is 2. The first-order valence-corrected chi connectivity index (χ1v) is 10.7. The first-order chi connectivity index (χ1) is 14.2. The van der Waals surface area contributed by atoms with Crippen molar-refractivity contribution in [3.05, 3.63) is 54.1 Å². The van der Waals surface area contributed by atoms with Gasteiger partial charge in [-0.25, -0.2) is 0 Å². The second-order valence-corrected chi connectivity index (χ2v) is 7.80. The standard InChI is InChI=1S/C23H26N2O3S/c1-17(26)18-7-9-19(10-8-18)22-24-25-23(29-22)20-11-13-21(14-12-20)28-16-6-4-3-5-15-27-2/h7-14H,3-6,15-16H2,1-2H3. The zero-order valence-corrected chi connectivity index (χ0v) is 17.7. The van der Waals surface area contributed by atoms with E-state index in [2.05, 4.69) is 10.2 Å². The van der Waals surface area contributed by atoms with Gasteiger partial charge in [0.25, 0.3) is 0 Å². The largest absolute Gasteiger partial charge is 0.494 e. The van der Waals surface area contributed by atoms with Crippen molar-refractivity contribution in [1.29, 1.82) is 0 Å². The summed E-state index contributed by atoms with van der Waals surface area (Å²) in [4.78, 5) is 11.4. The van der Waals surface area contributed by atoms with Crippen LogP contribution in [0, 0.1) is 0 Å². The van der Waals surface area contributed by atoms with Gasteiger partial charge in [0.1, 0.15) is 15.8 Å². The summed E-state index contributed by atoms with van der Waals surface area (Å²) in [5, 5.41) is 10.3. The van der Waals surface area contributed by atoms with Crippen molar-refractivity contribution in [2.45, 2.75) is 32.6 Å². The molecule has 0 aliphatic heterocycles. The molecule has 152 valence electrons. The number of unbranched alkanes of at least 4 members (excludes halogenated alkanes) is 3. The molecule has 0 bridgehead atoms. The van der Waals surface area contributed by atoms with E-state index in [0.717, 1.165) is 59.4 Å². The van der Waals surface area contributed by atoms with Crippen LogP contribution in [0.15, 0.2) is 48.5 Å². The third-order valence-corrected chi connectivity index (χ3v) is 5.60. The predicted octanol–water partition coefficient (Wildman–Crippen LogP) is 5.66. The molecule has 3 rings (SSSR count). The highest BCUT2D eigenvalue weighted by molar-refractivity contribution is 7.17. The monoisotopic (exact) mass is 410 g/mol. The van der Waals surface area contributed by atoms with Crippen LogP contribution in [0.5, 0.6) is 5.75 Å². The lowest BCUT2D eigenvalue weighted by atomic mass is 10.1. The molecular weight excluding hydrogens is 384 g/mol. The van der Waals surface area contributed by atoms with E-state index in [4.69, 9.17) is 9.47 Å². The minimum absolute atomic E-state index is 0.0582. The summed E-state index contributed by atoms with van der Waals surface area (Å²) in [6.07, 6.45) is 4.49. The van der Waals surface area contributed by atoms with Crippen molar-refractivity contribution >= 4 is 17.1 Å². The van der Waals surface area contributed by atoms with Gasteiger partial charge in [-0.2, -0.15) is 0 Å². The maximum Gasteiger partial charge on any atom is 0.159 e. The number of methoxy groups -OCH3 is 1. The first kappa shape index (κ1) is 21.1. The van der Waals surface area contributed by atoms with Crippen LogP contribution in [-0.2, 0) is 4.74 Å². The number of hydrogen-bond acceptors (Lipinski definition) is 6. The van der Waals surface area contributed by atoms with E-state index in [0.29, 0.717) is 5.56 Å². The Labute approximate surface area is 175 Å². The molecule has 0 saturated carbocycles. The highest BCUT2D eigenvalue weighted by Gasteiger charge is 2.09. The van der Waals surface area contributed by atoms with Gasteiger partial charge >= 0.3 is 0 Å². The number of carbonyl (C=O) groups excluding carboxylic acids is 1. The van der Waals surface area contributed by atoms with E-state index < -0.39 is 0 Å². The molecule has 1 heterocycles. The van der Waals surface area contributed by atoms with Crippen LogP contribution in [0.3, 0.4) is 0 Å². The van der Waals surface area contributed by atoms with Gasteiger partial charge in [-0.1, -0.05) is 42.0 Å². The maximum atomic E-state index is 11.4. The fourth-order valence-corrected chi connectivity index (χ4v) is 3.74. The van der Waals surface area contributed by atoms with Crippen LogP contribution in [-0.4, -0.2) is 36.3 Å². The summed E-state index contributed by atoms with van der Waals surface area (Å²) in [7, 11) is 1.74. The minimum Gasteiger partial charge on any atom is -0.494 e. The SMILES string of the molecule is COCCCCCCOc1ccc(-c2nnc(-c3ccc(C(C)=O)cc3)s2)cc1. The molecule has 0 amide bonds. The van der Waals surface area contributed by atoms with Crippen molar-refractivity contribution in [3.8, 4) is 26.9 Å². The topological polar surface area (TPSA) is 61.3 Å². The quantitative estimate of drug-likeness (QED) is 0.301. The first-order valence-electron chi connectivity index (χ1n) is 9.84. The molecular formula is C23H26N2O3S. The van der Waals surface area contributed by atoms with Gasteiger partial charge in [-0.05, 0) is 50.5 Å². The summed E-state index contributed by atoms with van der Waals surface area (Å²) in [5.74, 6) is 0.929. The zero-order chi connectivity index (χ0) is 20.5. The molecule has 6 heteroatoms. The molecule has 29 heavy (non-hydrogen) atoms. The Bertz CT molecular complexity index is 905. The number of carbonyl (C=O) groups is 1. The Balaban J connectivity index is 1.53. The van der Waals surface area contributed by atoms with Gasteiger partial charge in [-0.3, -0.25) is 4.79 Å². The Hall–Kier alpha value is -2.57. The lowest BCUT2D eigenvalue weighted by Crippen LogP contribution is -1.97. The van der Waals surface area contributed by atoms with E-state index in [1.807, 2.05) is 48.5 Å². The van der Waals surface area contributed by atoms with Gasteiger partial charge < -0.3 is 9.47 Å². The van der Waals surface area contributed by atoms with Gasteiger partial charge in [0.05, 0.1) is 6.61 Å². The molecule has 0 aliphatic rings. The van der Waals surface area contributed by atoms with Crippen molar-refractivity contribution in [1.82, 2.24) is 10.2 Å². The van der Waals surface area contributed by atoms with Crippen LogP contribution >= 0.6 is 11.3 Å². The average molecular weight is 411 g/mol. The molecule has 0 atom stereocenters. The molecule has 1 aromatic heterocycles. The van der Waals surface area contributed by atoms with Gasteiger partial charge in [0.2, 0.25) is 0 Å². The van der Waals surface area contributed by atoms with Crippen LogP contribution in [0.2, 0.25) is 0 Å². The lowest BCUT2D eigenvalue weighted by Gasteiger charge is -2.06. The summed E-state index contributed by atoms with van der Waals surface area (Å²) in [6, 6.07) is 15.4. The van der Waals surface area contributed by atoms with Crippen LogP contribution in [0.1, 0.15) is 43.0 Å². The zero-order valence-electron chi connectivity index (χ0n) is 16.9. The minimum atomic E-state index is 0.0582. The normalized spacial score (nSPS) is 10.8. The fraction of sp³-hybridized carbons (Fsp3) is 0.348. The average Bonchev–Trinajstić information content (AvgIpc) is 3.24. The molecule has 5 nitrogen and oxygen atoms in total. The molecule has 0 fully saturated rings. The molecule has 0 unspecified atom stereocenters. The highest BCUT2D eigenvalue weighted by Crippen LogP contribution is 2.31. The van der Waals surface area contributed by atoms with Gasteiger partial charge in [0.15, 0.2) is 5.78 Å². The molecule has 0 N–H and O–H groups in total. The number of ketones is 1. The second-order valence-electron chi connectivity index (χ2n) is 6.83. The van der Waals surface area contributed by atoms with Crippen LogP contribution < -0.4 is 4.74 Å². The third-order valence-electron chi connectivity index (χ3n) is 4.58. The van der Waals surface area contributed by atoms with E-state index in [9.17, 15) is 4.79 Å². The Morgan fingerprint density at radius 3 is 1.93 bits per heavy atom. The van der Waals surface area contributed by atoms with Crippen molar-refractivity contribution < 1.29 is 14.3 Å². The number of Topliss-reactive ketones (excluding diaryl/α,β-unsaturated/α-hetero) is 1. The Morgan fingerprint density at radius 1 is 0.828 bits per heavy atom. The fourth-order valence-electron chi connectivity index (χ4n) is 2.89.